The third kappa shape index (κ3) is 5.56. The highest BCUT2D eigenvalue weighted by Crippen LogP contribution is 2.62. The fourth-order valence-corrected chi connectivity index (χ4v) is 9.85. The Morgan fingerprint density at radius 3 is 1.86 bits per heavy atom. The van der Waals surface area contributed by atoms with E-state index in [1.165, 1.54) is 54.4 Å². The first-order valence-corrected chi connectivity index (χ1v) is 19.8. The first kappa shape index (κ1) is 35.9. The Balaban J connectivity index is 1.39. The van der Waals surface area contributed by atoms with Gasteiger partial charge in [0.15, 0.2) is 5.60 Å². The number of fused-ring (bicyclic) bond motifs is 10. The molecule has 9 rings (SSSR count). The molecule has 2 aliphatic carbocycles. The van der Waals surface area contributed by atoms with Crippen LogP contribution in [0.2, 0.25) is 0 Å². The molecule has 1 saturated carbocycles. The van der Waals surface area contributed by atoms with Gasteiger partial charge in [0.05, 0.1) is 35.0 Å². The van der Waals surface area contributed by atoms with E-state index in [9.17, 15) is 5.11 Å². The number of benzene rings is 6. The minimum Gasteiger partial charge on any atom is -0.497 e. The van der Waals surface area contributed by atoms with Gasteiger partial charge in [0.1, 0.15) is 28.7 Å². The Morgan fingerprint density at radius 1 is 0.607 bits per heavy atom. The Hall–Kier alpha value is -5.72. The van der Waals surface area contributed by atoms with Crippen LogP contribution in [-0.4, -0.2) is 33.5 Å². The monoisotopic (exact) mass is 744 g/mol. The summed E-state index contributed by atoms with van der Waals surface area (Å²) >= 11 is 0. The zero-order valence-electron chi connectivity index (χ0n) is 32.6. The molecule has 6 aromatic carbocycles. The molecular weight excluding hydrogens is 697 g/mol. The first-order valence-electron chi connectivity index (χ1n) is 19.8. The summed E-state index contributed by atoms with van der Waals surface area (Å²) in [6, 6.07) is 35.7. The molecule has 6 aromatic rings. The molecule has 0 saturated heterocycles. The van der Waals surface area contributed by atoms with Crippen LogP contribution in [0.1, 0.15) is 78.3 Å². The van der Waals surface area contributed by atoms with E-state index in [2.05, 4.69) is 72.8 Å². The second kappa shape index (κ2) is 14.4. The highest BCUT2D eigenvalue weighted by molar-refractivity contribution is 6.10. The smallest absolute Gasteiger partial charge is 0.178 e. The second-order valence-corrected chi connectivity index (χ2v) is 15.3. The van der Waals surface area contributed by atoms with Crippen molar-refractivity contribution >= 4 is 16.8 Å². The molecule has 6 nitrogen and oxygen atoms in total. The molecule has 0 atom stereocenters. The van der Waals surface area contributed by atoms with Gasteiger partial charge in [-0.05, 0) is 106 Å². The minimum atomic E-state index is -0.972. The summed E-state index contributed by atoms with van der Waals surface area (Å²) < 4.78 is 30.5. The molecule has 3 aliphatic rings. The predicted octanol–water partition coefficient (Wildman–Crippen LogP) is 11.4. The highest BCUT2D eigenvalue weighted by atomic mass is 16.5. The maximum Gasteiger partial charge on any atom is 0.178 e. The van der Waals surface area contributed by atoms with E-state index in [4.69, 9.17) is 23.7 Å². The van der Waals surface area contributed by atoms with Gasteiger partial charge in [0.2, 0.25) is 0 Å². The van der Waals surface area contributed by atoms with Crippen molar-refractivity contribution in [1.29, 1.82) is 0 Å². The molecule has 1 spiro atoms. The van der Waals surface area contributed by atoms with Gasteiger partial charge in [-0.3, -0.25) is 0 Å². The number of methoxy groups -OCH3 is 4. The van der Waals surface area contributed by atoms with E-state index < -0.39 is 5.60 Å². The largest absolute Gasteiger partial charge is 0.497 e. The first-order chi connectivity index (χ1) is 27.5. The van der Waals surface area contributed by atoms with Gasteiger partial charge in [-0.15, -0.1) is 0 Å². The van der Waals surface area contributed by atoms with Gasteiger partial charge in [-0.2, -0.15) is 0 Å². The third-order valence-corrected chi connectivity index (χ3v) is 12.6. The molecule has 0 radical (unpaired) electrons. The zero-order chi connectivity index (χ0) is 38.4. The molecule has 1 aliphatic heterocycles. The number of aliphatic hydroxyl groups excluding tert-OH is 1. The molecule has 284 valence electrons. The lowest BCUT2D eigenvalue weighted by Crippen LogP contribution is -2.35. The Morgan fingerprint density at radius 2 is 1.23 bits per heavy atom. The predicted molar refractivity (Wildman–Crippen MR) is 223 cm³/mol. The van der Waals surface area contributed by atoms with E-state index in [1.807, 2.05) is 42.5 Å². The van der Waals surface area contributed by atoms with E-state index >= 15 is 0 Å². The molecule has 0 unspecified atom stereocenters. The van der Waals surface area contributed by atoms with Crippen LogP contribution in [0.25, 0.3) is 39.1 Å². The molecule has 56 heavy (non-hydrogen) atoms. The number of rotatable bonds is 8. The van der Waals surface area contributed by atoms with Crippen LogP contribution in [0.15, 0.2) is 109 Å². The summed E-state index contributed by atoms with van der Waals surface area (Å²) in [7, 11) is 6.70. The van der Waals surface area contributed by atoms with Crippen LogP contribution in [0.3, 0.4) is 0 Å². The fraction of sp³-hybridized carbons (Fsp3) is 0.280. The Bertz CT molecular complexity index is 2410. The Labute approximate surface area is 329 Å². The lowest BCUT2D eigenvalue weighted by molar-refractivity contribution is 0.163. The molecule has 1 N–H and O–H groups in total. The lowest BCUT2D eigenvalue weighted by atomic mass is 9.67. The topological polar surface area (TPSA) is 66.4 Å². The summed E-state index contributed by atoms with van der Waals surface area (Å²) in [6.45, 7) is -0.137. The maximum atomic E-state index is 11.1. The van der Waals surface area contributed by atoms with Gasteiger partial charge in [-0.1, -0.05) is 86.7 Å². The number of hydrogen-bond donors (Lipinski definition) is 1. The van der Waals surface area contributed by atoms with E-state index in [0.717, 1.165) is 74.2 Å². The van der Waals surface area contributed by atoms with Gasteiger partial charge in [0, 0.05) is 39.1 Å². The van der Waals surface area contributed by atoms with Gasteiger partial charge in [-0.25, -0.2) is 0 Å². The van der Waals surface area contributed by atoms with Gasteiger partial charge in [0.25, 0.3) is 0 Å². The molecule has 1 fully saturated rings. The maximum absolute atomic E-state index is 11.1. The van der Waals surface area contributed by atoms with Crippen molar-refractivity contribution in [1.82, 2.24) is 0 Å². The van der Waals surface area contributed by atoms with Crippen LogP contribution < -0.4 is 23.7 Å². The quantitative estimate of drug-likeness (QED) is 0.167. The summed E-state index contributed by atoms with van der Waals surface area (Å²) in [5.41, 5.74) is 9.84. The molecule has 1 heterocycles. The van der Waals surface area contributed by atoms with Crippen molar-refractivity contribution in [3.8, 4) is 51.0 Å². The van der Waals surface area contributed by atoms with Crippen LogP contribution in [0, 0.1) is 0 Å². The van der Waals surface area contributed by atoms with Crippen molar-refractivity contribution in [3.63, 3.8) is 0 Å². The lowest BCUT2D eigenvalue weighted by Gasteiger charge is -2.40. The average Bonchev–Trinajstić information content (AvgIpc) is 3.54. The van der Waals surface area contributed by atoms with Crippen molar-refractivity contribution < 1.29 is 28.8 Å². The number of ether oxygens (including phenoxy) is 5. The van der Waals surface area contributed by atoms with Crippen molar-refractivity contribution in [2.75, 3.05) is 28.4 Å². The number of hydrogen-bond acceptors (Lipinski definition) is 6. The molecule has 6 heteroatoms. The molecule has 0 aromatic heterocycles. The Kier molecular flexibility index (Phi) is 9.25. The normalized spacial score (nSPS) is 16.2. The van der Waals surface area contributed by atoms with E-state index in [0.29, 0.717) is 11.5 Å². The van der Waals surface area contributed by atoms with E-state index in [1.54, 1.807) is 28.4 Å². The SMILES string of the molecule is COc1ccc(C2(c3ccc(OC)cc3)C=Cc3c4c(c5cc(CO)c(-c6ccc(OC)cc6OC)cc5c3O2)-c2ccccc2C42CCCCCCC2)cc1. The third-order valence-electron chi connectivity index (χ3n) is 12.6. The molecular formula is C50H48O6. The van der Waals surface area contributed by atoms with Crippen molar-refractivity contribution in [2.45, 2.75) is 62.6 Å². The summed E-state index contributed by atoms with van der Waals surface area (Å²) in [5.74, 6) is 3.76. The highest BCUT2D eigenvalue weighted by Gasteiger charge is 2.48. The summed E-state index contributed by atoms with van der Waals surface area (Å²) in [6.07, 6.45) is 12.9. The fourth-order valence-electron chi connectivity index (χ4n) is 9.85. The second-order valence-electron chi connectivity index (χ2n) is 15.3. The summed E-state index contributed by atoms with van der Waals surface area (Å²) in [4.78, 5) is 0. The van der Waals surface area contributed by atoms with Crippen LogP contribution >= 0.6 is 0 Å². The van der Waals surface area contributed by atoms with Crippen LogP contribution in [0.4, 0.5) is 0 Å². The van der Waals surface area contributed by atoms with Crippen LogP contribution in [0.5, 0.6) is 28.7 Å². The van der Waals surface area contributed by atoms with Gasteiger partial charge < -0.3 is 28.8 Å². The minimum absolute atomic E-state index is 0.137. The van der Waals surface area contributed by atoms with Crippen LogP contribution in [-0.2, 0) is 17.6 Å². The van der Waals surface area contributed by atoms with Gasteiger partial charge >= 0.3 is 0 Å². The molecule has 0 bridgehead atoms. The standard InChI is InChI=1S/C50H48O6/c1-52-35-18-14-33(15-19-35)50(34-16-20-36(53-2)21-17-34)27-24-40-47-46(39-12-8-9-13-44(39)49(47)25-10-6-5-7-11-26-49)42-28-32(31-51)41(30-43(42)48(40)56-50)38-23-22-37(54-3)29-45(38)55-4/h8-9,12-24,27-30,51H,5-7,10-11,25-26,31H2,1-4H3. The van der Waals surface area contributed by atoms with Crippen molar-refractivity contribution in [2.24, 2.45) is 0 Å². The number of aliphatic hydroxyl groups is 1. The molecule has 0 amide bonds. The van der Waals surface area contributed by atoms with E-state index in [-0.39, 0.29) is 12.0 Å². The average molecular weight is 745 g/mol. The summed E-state index contributed by atoms with van der Waals surface area (Å²) in [5, 5.41) is 13.2. The zero-order valence-corrected chi connectivity index (χ0v) is 32.6. The van der Waals surface area contributed by atoms with Crippen molar-refractivity contribution in [3.05, 3.63) is 143 Å².